The van der Waals surface area contributed by atoms with Crippen molar-refractivity contribution in [3.05, 3.63) is 66.0 Å². The van der Waals surface area contributed by atoms with E-state index in [9.17, 15) is 9.59 Å². The lowest BCUT2D eigenvalue weighted by atomic mass is 10.2. The van der Waals surface area contributed by atoms with E-state index in [-0.39, 0.29) is 25.0 Å². The zero-order chi connectivity index (χ0) is 20.6. The Morgan fingerprint density at radius 3 is 2.59 bits per heavy atom. The average Bonchev–Trinajstić information content (AvgIpc) is 3.06. The monoisotopic (exact) mass is 394 g/mol. The van der Waals surface area contributed by atoms with Crippen molar-refractivity contribution in [1.82, 2.24) is 19.8 Å². The number of amides is 2. The van der Waals surface area contributed by atoms with Gasteiger partial charge in [-0.05, 0) is 17.7 Å². The van der Waals surface area contributed by atoms with Crippen LogP contribution in [0.3, 0.4) is 0 Å². The number of nitrogens with zero attached hydrogens (tertiary/aromatic N) is 3. The van der Waals surface area contributed by atoms with Crippen molar-refractivity contribution in [1.29, 1.82) is 0 Å². The van der Waals surface area contributed by atoms with E-state index in [0.717, 1.165) is 22.4 Å². The van der Waals surface area contributed by atoms with E-state index in [1.165, 1.54) is 7.11 Å². The molecule has 29 heavy (non-hydrogen) atoms. The highest BCUT2D eigenvalue weighted by molar-refractivity contribution is 5.81. The van der Waals surface area contributed by atoms with Crippen LogP contribution in [0.2, 0.25) is 0 Å². The minimum Gasteiger partial charge on any atom is -0.375 e. The molecule has 0 aliphatic heterocycles. The number of hydrogen-bond acceptors (Lipinski definition) is 4. The van der Waals surface area contributed by atoms with Gasteiger partial charge in [0.2, 0.25) is 11.8 Å². The molecule has 0 saturated carbocycles. The van der Waals surface area contributed by atoms with E-state index in [1.807, 2.05) is 59.2 Å². The van der Waals surface area contributed by atoms with E-state index in [1.54, 1.807) is 11.9 Å². The Balaban J connectivity index is 1.72. The number of aromatic nitrogens is 2. The van der Waals surface area contributed by atoms with Gasteiger partial charge in [-0.15, -0.1) is 0 Å². The minimum absolute atomic E-state index is 0.00155. The zero-order valence-electron chi connectivity index (χ0n) is 16.8. The van der Waals surface area contributed by atoms with Crippen LogP contribution in [0, 0.1) is 0 Å². The third-order valence-corrected chi connectivity index (χ3v) is 4.66. The van der Waals surface area contributed by atoms with Crippen LogP contribution in [0.25, 0.3) is 11.0 Å². The SMILES string of the molecule is COCC(=O)NCCc1nc2ccccc2n1CC(=O)N(C)Cc1ccccc1. The van der Waals surface area contributed by atoms with Crippen LogP contribution in [0.4, 0.5) is 0 Å². The number of carbonyl (C=O) groups excluding carboxylic acids is 2. The topological polar surface area (TPSA) is 76.5 Å². The largest absolute Gasteiger partial charge is 0.375 e. The van der Waals surface area contributed by atoms with Crippen LogP contribution in [0.1, 0.15) is 11.4 Å². The number of nitrogens with one attached hydrogen (secondary N) is 1. The van der Waals surface area contributed by atoms with Crippen molar-refractivity contribution in [2.75, 3.05) is 27.3 Å². The normalized spacial score (nSPS) is 10.8. The highest BCUT2D eigenvalue weighted by atomic mass is 16.5. The minimum atomic E-state index is -0.172. The molecule has 0 fully saturated rings. The molecule has 1 N–H and O–H groups in total. The molecule has 2 aromatic carbocycles. The van der Waals surface area contributed by atoms with Crippen molar-refractivity contribution in [2.24, 2.45) is 0 Å². The summed E-state index contributed by atoms with van der Waals surface area (Å²) < 4.78 is 6.76. The van der Waals surface area contributed by atoms with Gasteiger partial charge >= 0.3 is 0 Å². The molecule has 0 spiro atoms. The number of imidazole rings is 1. The van der Waals surface area contributed by atoms with Gasteiger partial charge in [0.05, 0.1) is 11.0 Å². The Kier molecular flexibility index (Phi) is 6.97. The van der Waals surface area contributed by atoms with Crippen LogP contribution in [0.5, 0.6) is 0 Å². The van der Waals surface area contributed by atoms with E-state index < -0.39 is 0 Å². The number of ether oxygens (including phenoxy) is 1. The second-order valence-electron chi connectivity index (χ2n) is 6.87. The number of fused-ring (bicyclic) bond motifs is 1. The van der Waals surface area contributed by atoms with Crippen molar-refractivity contribution >= 4 is 22.8 Å². The Labute approximate surface area is 170 Å². The molecule has 3 aromatic rings. The lowest BCUT2D eigenvalue weighted by molar-refractivity contribution is -0.131. The first-order valence-corrected chi connectivity index (χ1v) is 9.56. The average molecular weight is 394 g/mol. The third kappa shape index (κ3) is 5.42. The summed E-state index contributed by atoms with van der Waals surface area (Å²) in [6, 6.07) is 17.6. The molecule has 0 unspecified atom stereocenters. The first-order valence-electron chi connectivity index (χ1n) is 9.56. The van der Waals surface area contributed by atoms with Gasteiger partial charge in [-0.3, -0.25) is 9.59 Å². The molecule has 1 heterocycles. The van der Waals surface area contributed by atoms with Crippen molar-refractivity contribution in [2.45, 2.75) is 19.5 Å². The van der Waals surface area contributed by atoms with E-state index in [2.05, 4.69) is 10.3 Å². The maximum absolute atomic E-state index is 12.9. The van der Waals surface area contributed by atoms with Gasteiger partial charge in [-0.25, -0.2) is 4.98 Å². The molecule has 7 heteroatoms. The molecule has 2 amide bonds. The molecule has 0 radical (unpaired) electrons. The van der Waals surface area contributed by atoms with Gasteiger partial charge in [0.25, 0.3) is 0 Å². The summed E-state index contributed by atoms with van der Waals surface area (Å²) in [7, 11) is 3.29. The summed E-state index contributed by atoms with van der Waals surface area (Å²) in [4.78, 5) is 30.9. The van der Waals surface area contributed by atoms with Gasteiger partial charge in [0, 0.05) is 33.7 Å². The second kappa shape index (κ2) is 9.84. The standard InChI is InChI=1S/C22H26N4O3/c1-25(14-17-8-4-3-5-9-17)22(28)15-26-19-11-7-6-10-18(19)24-20(26)12-13-23-21(27)16-29-2/h3-11H,12-16H2,1-2H3,(H,23,27). The molecule has 0 atom stereocenters. The maximum atomic E-state index is 12.9. The molecule has 0 aliphatic carbocycles. The van der Waals surface area contributed by atoms with Crippen LogP contribution >= 0.6 is 0 Å². The number of likely N-dealkylation sites (N-methyl/N-ethyl adjacent to an activating group) is 1. The zero-order valence-corrected chi connectivity index (χ0v) is 16.8. The molecule has 7 nitrogen and oxygen atoms in total. The van der Waals surface area contributed by atoms with Gasteiger partial charge in [-0.2, -0.15) is 0 Å². The fraction of sp³-hybridized carbons (Fsp3) is 0.318. The maximum Gasteiger partial charge on any atom is 0.245 e. The van der Waals surface area contributed by atoms with Gasteiger partial charge in [0.15, 0.2) is 0 Å². The van der Waals surface area contributed by atoms with Crippen LogP contribution in [0.15, 0.2) is 54.6 Å². The van der Waals surface area contributed by atoms with Crippen molar-refractivity contribution in [3.8, 4) is 0 Å². The quantitative estimate of drug-likeness (QED) is 0.602. The van der Waals surface area contributed by atoms with E-state index in [4.69, 9.17) is 4.74 Å². The highest BCUT2D eigenvalue weighted by Gasteiger charge is 2.16. The molecule has 1 aromatic heterocycles. The summed E-state index contributed by atoms with van der Waals surface area (Å²) >= 11 is 0. The lowest BCUT2D eigenvalue weighted by Gasteiger charge is -2.19. The first-order chi connectivity index (χ1) is 14.1. The summed E-state index contributed by atoms with van der Waals surface area (Å²) in [5, 5.41) is 2.80. The predicted octanol–water partition coefficient (Wildman–Crippen LogP) is 2.00. The van der Waals surface area contributed by atoms with E-state index in [0.29, 0.717) is 19.5 Å². The summed E-state index contributed by atoms with van der Waals surface area (Å²) in [5.41, 5.74) is 2.83. The smallest absolute Gasteiger partial charge is 0.245 e. The Morgan fingerprint density at radius 1 is 1.10 bits per heavy atom. The molecule has 0 saturated heterocycles. The fourth-order valence-corrected chi connectivity index (χ4v) is 3.19. The predicted molar refractivity (Wildman–Crippen MR) is 111 cm³/mol. The first kappa shape index (κ1) is 20.5. The summed E-state index contributed by atoms with van der Waals surface area (Å²) in [6.07, 6.45) is 0.528. The van der Waals surface area contributed by atoms with E-state index >= 15 is 0 Å². The number of hydrogen-bond donors (Lipinski definition) is 1. The molecular weight excluding hydrogens is 368 g/mol. The number of rotatable bonds is 9. The molecule has 152 valence electrons. The second-order valence-corrected chi connectivity index (χ2v) is 6.87. The number of carbonyl (C=O) groups is 2. The van der Waals surface area contributed by atoms with Gasteiger partial charge in [-0.1, -0.05) is 42.5 Å². The van der Waals surface area contributed by atoms with Gasteiger partial charge in [0.1, 0.15) is 19.0 Å². The van der Waals surface area contributed by atoms with Gasteiger partial charge < -0.3 is 19.5 Å². The Hall–Kier alpha value is -3.19. The van der Waals surface area contributed by atoms with Crippen molar-refractivity contribution in [3.63, 3.8) is 0 Å². The van der Waals surface area contributed by atoms with Crippen LogP contribution < -0.4 is 5.32 Å². The Bertz CT molecular complexity index is 969. The van der Waals surface area contributed by atoms with Crippen molar-refractivity contribution < 1.29 is 14.3 Å². The third-order valence-electron chi connectivity index (χ3n) is 4.66. The summed E-state index contributed by atoms with van der Waals surface area (Å²) in [6.45, 7) is 1.21. The number of methoxy groups -OCH3 is 1. The lowest BCUT2D eigenvalue weighted by Crippen LogP contribution is -2.31. The molecule has 0 bridgehead atoms. The Morgan fingerprint density at radius 2 is 1.83 bits per heavy atom. The molecule has 3 rings (SSSR count). The number of para-hydroxylation sites is 2. The molecule has 0 aliphatic rings. The number of benzene rings is 2. The molecular formula is C22H26N4O3. The highest BCUT2D eigenvalue weighted by Crippen LogP contribution is 2.17. The summed E-state index contributed by atoms with van der Waals surface area (Å²) in [5.74, 6) is 0.598. The fourth-order valence-electron chi connectivity index (χ4n) is 3.19. The van der Waals surface area contributed by atoms with Crippen LogP contribution in [-0.2, 0) is 33.8 Å². The van der Waals surface area contributed by atoms with Crippen LogP contribution in [-0.4, -0.2) is 53.6 Å².